The number of aromatic carboxylic acids is 1. The number of anilines is 1. The van der Waals surface area contributed by atoms with E-state index in [0.29, 0.717) is 11.7 Å². The molecule has 1 heterocycles. The van der Waals surface area contributed by atoms with Gasteiger partial charge in [-0.25, -0.2) is 9.78 Å². The highest BCUT2D eigenvalue weighted by Gasteiger charge is 2.64. The highest BCUT2D eigenvalue weighted by atomic mass is 35.5. The SMILES string of the molecule is CC1(C)C(CNc2cc(C(=O)O)cc(Cl)n2)C1(C)C. The van der Waals surface area contributed by atoms with Gasteiger partial charge >= 0.3 is 5.97 Å². The van der Waals surface area contributed by atoms with E-state index in [1.165, 1.54) is 12.1 Å². The van der Waals surface area contributed by atoms with Crippen LogP contribution in [0.1, 0.15) is 38.1 Å². The van der Waals surface area contributed by atoms with Crippen LogP contribution in [0.25, 0.3) is 0 Å². The number of carboxylic acid groups (broad SMARTS) is 1. The van der Waals surface area contributed by atoms with Gasteiger partial charge in [0.15, 0.2) is 0 Å². The van der Waals surface area contributed by atoms with E-state index in [-0.39, 0.29) is 21.5 Å². The third kappa shape index (κ3) is 2.41. The summed E-state index contributed by atoms with van der Waals surface area (Å²) >= 11 is 5.82. The van der Waals surface area contributed by atoms with Crippen molar-refractivity contribution in [3.05, 3.63) is 22.8 Å². The van der Waals surface area contributed by atoms with Crippen LogP contribution in [-0.2, 0) is 0 Å². The molecule has 0 aliphatic heterocycles. The van der Waals surface area contributed by atoms with Crippen molar-refractivity contribution in [3.63, 3.8) is 0 Å². The van der Waals surface area contributed by atoms with Crippen LogP contribution in [0.5, 0.6) is 0 Å². The van der Waals surface area contributed by atoms with Gasteiger partial charge in [0.05, 0.1) is 5.56 Å². The van der Waals surface area contributed by atoms with E-state index in [1.807, 2.05) is 0 Å². The van der Waals surface area contributed by atoms with Crippen LogP contribution in [0, 0.1) is 16.7 Å². The predicted molar refractivity (Wildman–Crippen MR) is 75.7 cm³/mol. The molecule has 1 aliphatic rings. The summed E-state index contributed by atoms with van der Waals surface area (Å²) in [5.74, 6) is 0.0527. The maximum Gasteiger partial charge on any atom is 0.335 e. The Morgan fingerprint density at radius 3 is 2.42 bits per heavy atom. The molecule has 0 spiro atoms. The van der Waals surface area contributed by atoms with Crippen LogP contribution in [0.15, 0.2) is 12.1 Å². The average molecular weight is 283 g/mol. The lowest BCUT2D eigenvalue weighted by atomic mass is 10.0. The first-order chi connectivity index (χ1) is 8.66. The standard InChI is InChI=1S/C14H19ClN2O2/c1-13(2)9(14(13,3)4)7-16-11-6-8(12(18)19)5-10(15)17-11/h5-6,9H,7H2,1-4H3,(H,16,17)(H,18,19). The molecule has 104 valence electrons. The molecule has 5 heteroatoms. The van der Waals surface area contributed by atoms with Crippen LogP contribution in [0.4, 0.5) is 5.82 Å². The number of carbonyl (C=O) groups is 1. The lowest BCUT2D eigenvalue weighted by Gasteiger charge is -2.08. The molecule has 1 aromatic rings. The summed E-state index contributed by atoms with van der Waals surface area (Å²) in [4.78, 5) is 15.1. The Labute approximate surface area is 118 Å². The number of aromatic nitrogens is 1. The Balaban J connectivity index is 2.07. The summed E-state index contributed by atoms with van der Waals surface area (Å²) in [5.41, 5.74) is 0.722. The van der Waals surface area contributed by atoms with Crippen LogP contribution in [0.3, 0.4) is 0 Å². The lowest BCUT2D eigenvalue weighted by Crippen LogP contribution is -2.10. The molecular weight excluding hydrogens is 264 g/mol. The van der Waals surface area contributed by atoms with E-state index >= 15 is 0 Å². The number of carboxylic acids is 1. The third-order valence-corrected chi connectivity index (χ3v) is 5.04. The van der Waals surface area contributed by atoms with E-state index in [4.69, 9.17) is 16.7 Å². The van der Waals surface area contributed by atoms with Gasteiger partial charge in [0.25, 0.3) is 0 Å². The number of halogens is 1. The normalized spacial score (nSPS) is 20.1. The van der Waals surface area contributed by atoms with Gasteiger partial charge < -0.3 is 10.4 Å². The third-order valence-electron chi connectivity index (χ3n) is 4.85. The van der Waals surface area contributed by atoms with Crippen LogP contribution in [-0.4, -0.2) is 22.6 Å². The quantitative estimate of drug-likeness (QED) is 0.830. The zero-order valence-electron chi connectivity index (χ0n) is 11.6. The Kier molecular flexibility index (Phi) is 3.25. The van der Waals surface area contributed by atoms with Crippen molar-refractivity contribution in [2.24, 2.45) is 16.7 Å². The van der Waals surface area contributed by atoms with Gasteiger partial charge in [-0.3, -0.25) is 0 Å². The molecule has 0 aromatic carbocycles. The number of rotatable bonds is 4. The molecule has 2 N–H and O–H groups in total. The van der Waals surface area contributed by atoms with Crippen molar-refractivity contribution in [3.8, 4) is 0 Å². The largest absolute Gasteiger partial charge is 0.478 e. The van der Waals surface area contributed by atoms with E-state index in [2.05, 4.69) is 38.0 Å². The predicted octanol–water partition coefficient (Wildman–Crippen LogP) is 3.53. The van der Waals surface area contributed by atoms with Gasteiger partial charge in [-0.1, -0.05) is 39.3 Å². The molecule has 1 aromatic heterocycles. The van der Waals surface area contributed by atoms with Gasteiger partial charge in [-0.05, 0) is 28.9 Å². The highest BCUT2D eigenvalue weighted by molar-refractivity contribution is 6.29. The zero-order chi connectivity index (χ0) is 14.4. The second kappa shape index (κ2) is 4.37. The van der Waals surface area contributed by atoms with E-state index in [9.17, 15) is 4.79 Å². The molecule has 19 heavy (non-hydrogen) atoms. The molecule has 2 rings (SSSR count). The van der Waals surface area contributed by atoms with Crippen LogP contribution >= 0.6 is 11.6 Å². The molecule has 0 amide bonds. The number of nitrogens with zero attached hydrogens (tertiary/aromatic N) is 1. The van der Waals surface area contributed by atoms with E-state index in [0.717, 1.165) is 6.54 Å². The summed E-state index contributed by atoms with van der Waals surface area (Å²) in [6.45, 7) is 9.74. The maximum absolute atomic E-state index is 10.9. The first-order valence-corrected chi connectivity index (χ1v) is 6.69. The monoisotopic (exact) mass is 282 g/mol. The first-order valence-electron chi connectivity index (χ1n) is 6.31. The van der Waals surface area contributed by atoms with Crippen molar-refractivity contribution in [2.75, 3.05) is 11.9 Å². The number of nitrogens with one attached hydrogen (secondary N) is 1. The molecule has 0 unspecified atom stereocenters. The fourth-order valence-corrected chi connectivity index (χ4v) is 2.97. The molecule has 0 radical (unpaired) electrons. The summed E-state index contributed by atoms with van der Waals surface area (Å²) in [6, 6.07) is 2.86. The van der Waals surface area contributed by atoms with Gasteiger partial charge in [0.2, 0.25) is 0 Å². The average Bonchev–Trinajstić information content (AvgIpc) is 2.66. The molecule has 0 atom stereocenters. The molecule has 1 aliphatic carbocycles. The van der Waals surface area contributed by atoms with Crippen LogP contribution < -0.4 is 5.32 Å². The topological polar surface area (TPSA) is 62.2 Å². The van der Waals surface area contributed by atoms with Gasteiger partial charge in [-0.2, -0.15) is 0 Å². The summed E-state index contributed by atoms with van der Waals surface area (Å²) < 4.78 is 0. The fraction of sp³-hybridized carbons (Fsp3) is 0.571. The Hall–Kier alpha value is -1.29. The second-order valence-corrected chi connectivity index (χ2v) is 6.63. The second-order valence-electron chi connectivity index (χ2n) is 6.25. The van der Waals surface area contributed by atoms with Crippen molar-refractivity contribution in [1.82, 2.24) is 4.98 Å². The summed E-state index contributed by atoms with van der Waals surface area (Å²) in [6.07, 6.45) is 0. The number of hydrogen-bond donors (Lipinski definition) is 2. The van der Waals surface area contributed by atoms with Crippen LogP contribution in [0.2, 0.25) is 5.15 Å². The Morgan fingerprint density at radius 1 is 1.37 bits per heavy atom. The minimum Gasteiger partial charge on any atom is -0.478 e. The number of hydrogen-bond acceptors (Lipinski definition) is 3. The molecular formula is C14H19ClN2O2. The molecule has 0 bridgehead atoms. The number of pyridine rings is 1. The van der Waals surface area contributed by atoms with E-state index < -0.39 is 5.97 Å². The van der Waals surface area contributed by atoms with Gasteiger partial charge in [0, 0.05) is 6.54 Å². The maximum atomic E-state index is 10.9. The summed E-state index contributed by atoms with van der Waals surface area (Å²) in [7, 11) is 0. The van der Waals surface area contributed by atoms with Crippen molar-refractivity contribution in [1.29, 1.82) is 0 Å². The van der Waals surface area contributed by atoms with Crippen molar-refractivity contribution in [2.45, 2.75) is 27.7 Å². The Morgan fingerprint density at radius 2 is 1.95 bits per heavy atom. The summed E-state index contributed by atoms with van der Waals surface area (Å²) in [5, 5.41) is 12.4. The zero-order valence-corrected chi connectivity index (χ0v) is 12.4. The molecule has 0 saturated heterocycles. The van der Waals surface area contributed by atoms with Crippen molar-refractivity contribution < 1.29 is 9.90 Å². The minimum absolute atomic E-state index is 0.150. The fourth-order valence-electron chi connectivity index (χ4n) is 2.76. The molecule has 1 saturated carbocycles. The van der Waals surface area contributed by atoms with E-state index in [1.54, 1.807) is 0 Å². The molecule has 4 nitrogen and oxygen atoms in total. The lowest BCUT2D eigenvalue weighted by molar-refractivity contribution is 0.0697. The molecule has 1 fully saturated rings. The first kappa shape index (κ1) is 14.1. The smallest absolute Gasteiger partial charge is 0.335 e. The van der Waals surface area contributed by atoms with Crippen molar-refractivity contribution >= 4 is 23.4 Å². The van der Waals surface area contributed by atoms with Gasteiger partial charge in [-0.15, -0.1) is 0 Å². The highest BCUT2D eigenvalue weighted by Crippen LogP contribution is 2.68. The minimum atomic E-state index is -1.00. The Bertz CT molecular complexity index is 512. The van der Waals surface area contributed by atoms with Gasteiger partial charge in [0.1, 0.15) is 11.0 Å².